The van der Waals surface area contributed by atoms with E-state index in [0.29, 0.717) is 22.9 Å². The summed E-state index contributed by atoms with van der Waals surface area (Å²) in [7, 11) is 0.783. The van der Waals surface area contributed by atoms with Gasteiger partial charge in [0.05, 0.1) is 21.3 Å². The molecule has 8 heteroatoms. The van der Waals surface area contributed by atoms with Gasteiger partial charge in [-0.05, 0) is 42.3 Å². The fraction of sp³-hybridized carbons (Fsp3) is 0.294. The molecule has 0 amide bonds. The minimum Gasteiger partial charge on any atom is -0.497 e. The zero-order valence-electron chi connectivity index (χ0n) is 14.2. The van der Waals surface area contributed by atoms with Crippen LogP contribution in [0.3, 0.4) is 0 Å². The first-order valence-electron chi connectivity index (χ1n) is 7.44. The van der Waals surface area contributed by atoms with Crippen LogP contribution in [0.15, 0.2) is 41.3 Å². The summed E-state index contributed by atoms with van der Waals surface area (Å²) in [5.74, 6) is 1.53. The first kappa shape index (κ1) is 19.4. The fourth-order valence-electron chi connectivity index (χ4n) is 2.28. The Morgan fingerprint density at radius 1 is 0.960 bits per heavy atom. The van der Waals surface area contributed by atoms with Crippen LogP contribution in [0.5, 0.6) is 17.2 Å². The molecule has 0 aliphatic rings. The lowest BCUT2D eigenvalue weighted by atomic mass is 10.1. The van der Waals surface area contributed by atoms with E-state index in [0.717, 1.165) is 5.56 Å². The molecule has 0 aromatic heterocycles. The molecule has 6 nitrogen and oxygen atoms in total. The Labute approximate surface area is 152 Å². The molecule has 0 atom stereocenters. The third-order valence-electron chi connectivity index (χ3n) is 3.53. The van der Waals surface area contributed by atoms with Crippen molar-refractivity contribution in [3.63, 3.8) is 0 Å². The van der Waals surface area contributed by atoms with Crippen LogP contribution in [0.1, 0.15) is 5.56 Å². The highest BCUT2D eigenvalue weighted by Gasteiger charge is 2.19. The minimum absolute atomic E-state index is 0.00530. The number of halogens is 1. The number of sulfonamides is 1. The van der Waals surface area contributed by atoms with Gasteiger partial charge in [0.2, 0.25) is 10.0 Å². The maximum absolute atomic E-state index is 12.5. The molecule has 0 aliphatic carbocycles. The molecule has 0 heterocycles. The maximum Gasteiger partial charge on any atom is 0.244 e. The van der Waals surface area contributed by atoms with Gasteiger partial charge < -0.3 is 14.2 Å². The molecule has 2 aromatic carbocycles. The second-order valence-corrected chi connectivity index (χ2v) is 7.34. The molecule has 0 unspecified atom stereocenters. The molecule has 0 spiro atoms. The van der Waals surface area contributed by atoms with Gasteiger partial charge in [0, 0.05) is 17.6 Å². The number of methoxy groups -OCH3 is 3. The van der Waals surface area contributed by atoms with E-state index >= 15 is 0 Å². The highest BCUT2D eigenvalue weighted by atomic mass is 35.5. The predicted molar refractivity (Wildman–Crippen MR) is 96.4 cm³/mol. The van der Waals surface area contributed by atoms with Crippen LogP contribution in [0, 0.1) is 0 Å². The van der Waals surface area contributed by atoms with Crippen molar-refractivity contribution in [2.75, 3.05) is 27.9 Å². The van der Waals surface area contributed by atoms with E-state index in [2.05, 4.69) is 4.72 Å². The van der Waals surface area contributed by atoms with Gasteiger partial charge in [-0.3, -0.25) is 0 Å². The van der Waals surface area contributed by atoms with Gasteiger partial charge in [0.15, 0.2) is 0 Å². The second-order valence-electron chi connectivity index (χ2n) is 5.16. The lowest BCUT2D eigenvalue weighted by Crippen LogP contribution is -2.26. The van der Waals surface area contributed by atoms with Crippen molar-refractivity contribution >= 4 is 21.6 Å². The Kier molecular flexibility index (Phi) is 6.52. The average molecular weight is 386 g/mol. The molecule has 0 fully saturated rings. The quantitative estimate of drug-likeness (QED) is 0.756. The van der Waals surface area contributed by atoms with Gasteiger partial charge in [0.25, 0.3) is 0 Å². The Morgan fingerprint density at radius 2 is 1.60 bits per heavy atom. The fourth-order valence-corrected chi connectivity index (χ4v) is 3.74. The molecule has 2 aromatic rings. The molecule has 0 saturated carbocycles. The van der Waals surface area contributed by atoms with Gasteiger partial charge >= 0.3 is 0 Å². The third kappa shape index (κ3) is 5.01. The van der Waals surface area contributed by atoms with E-state index in [-0.39, 0.29) is 17.2 Å². The predicted octanol–water partition coefficient (Wildman–Crippen LogP) is 2.89. The molecular weight excluding hydrogens is 366 g/mol. The first-order chi connectivity index (χ1) is 11.9. The number of benzene rings is 2. The van der Waals surface area contributed by atoms with Crippen molar-refractivity contribution < 1.29 is 22.6 Å². The van der Waals surface area contributed by atoms with Crippen LogP contribution in [0.25, 0.3) is 0 Å². The molecule has 136 valence electrons. The number of hydrogen-bond donors (Lipinski definition) is 1. The lowest BCUT2D eigenvalue weighted by molar-refractivity contribution is 0.393. The smallest absolute Gasteiger partial charge is 0.244 e. The van der Waals surface area contributed by atoms with Crippen LogP contribution in [-0.4, -0.2) is 36.3 Å². The minimum atomic E-state index is -3.75. The van der Waals surface area contributed by atoms with Gasteiger partial charge in [-0.15, -0.1) is 0 Å². The van der Waals surface area contributed by atoms with Gasteiger partial charge in [-0.1, -0.05) is 11.6 Å². The largest absolute Gasteiger partial charge is 0.497 e. The summed E-state index contributed by atoms with van der Waals surface area (Å²) in [6.45, 7) is 0.203. The summed E-state index contributed by atoms with van der Waals surface area (Å²) in [5.41, 5.74) is 0.886. The van der Waals surface area contributed by atoms with Crippen LogP contribution in [0.4, 0.5) is 0 Å². The van der Waals surface area contributed by atoms with Crippen molar-refractivity contribution in [3.8, 4) is 17.2 Å². The van der Waals surface area contributed by atoms with E-state index in [1.807, 2.05) is 12.1 Å². The number of ether oxygens (including phenoxy) is 3. The number of nitrogens with one attached hydrogen (secondary N) is 1. The van der Waals surface area contributed by atoms with Crippen LogP contribution in [-0.2, 0) is 16.4 Å². The molecule has 0 aliphatic heterocycles. The van der Waals surface area contributed by atoms with Gasteiger partial charge in [0.1, 0.15) is 22.1 Å². The Morgan fingerprint density at radius 3 is 2.16 bits per heavy atom. The molecular formula is C17H20ClNO5S. The monoisotopic (exact) mass is 385 g/mol. The summed E-state index contributed by atoms with van der Waals surface area (Å²) < 4.78 is 43.1. The number of rotatable bonds is 8. The van der Waals surface area contributed by atoms with E-state index in [4.69, 9.17) is 25.8 Å². The van der Waals surface area contributed by atoms with E-state index in [9.17, 15) is 8.42 Å². The van der Waals surface area contributed by atoms with E-state index in [1.54, 1.807) is 26.4 Å². The summed E-state index contributed by atoms with van der Waals surface area (Å²) in [6.07, 6.45) is 0.468. The van der Waals surface area contributed by atoms with Crippen molar-refractivity contribution in [1.82, 2.24) is 4.72 Å². The third-order valence-corrected chi connectivity index (χ3v) is 5.25. The number of hydrogen-bond acceptors (Lipinski definition) is 5. The highest BCUT2D eigenvalue weighted by molar-refractivity contribution is 7.89. The SMILES string of the molecule is COc1cc(CCNS(=O)(=O)c2cc(Cl)ccc2OC)cc(OC)c1. The highest BCUT2D eigenvalue weighted by Crippen LogP contribution is 2.27. The molecule has 1 N–H and O–H groups in total. The standard InChI is InChI=1S/C17H20ClNO5S/c1-22-14-8-12(9-15(11-14)23-2)6-7-19-25(20,21)17-10-13(18)4-5-16(17)24-3/h4-5,8-11,19H,6-7H2,1-3H3. The van der Waals surface area contributed by atoms with Crippen molar-refractivity contribution in [2.45, 2.75) is 11.3 Å². The zero-order chi connectivity index (χ0) is 18.4. The first-order valence-corrected chi connectivity index (χ1v) is 9.31. The zero-order valence-corrected chi connectivity index (χ0v) is 15.8. The average Bonchev–Trinajstić information content (AvgIpc) is 2.61. The van der Waals surface area contributed by atoms with Crippen LogP contribution in [0.2, 0.25) is 5.02 Å². The molecule has 0 bridgehead atoms. The molecule has 2 rings (SSSR count). The van der Waals surface area contributed by atoms with E-state index < -0.39 is 10.0 Å². The second kappa shape index (κ2) is 8.42. The Hall–Kier alpha value is -1.96. The van der Waals surface area contributed by atoms with Gasteiger partial charge in [-0.25, -0.2) is 13.1 Å². The van der Waals surface area contributed by atoms with Crippen LogP contribution < -0.4 is 18.9 Å². The topological polar surface area (TPSA) is 73.9 Å². The summed E-state index contributed by atoms with van der Waals surface area (Å²) in [5, 5.41) is 0.318. The van der Waals surface area contributed by atoms with Gasteiger partial charge in [-0.2, -0.15) is 0 Å². The molecule has 0 radical (unpaired) electrons. The lowest BCUT2D eigenvalue weighted by Gasteiger charge is -2.12. The Balaban J connectivity index is 2.12. The summed E-state index contributed by atoms with van der Waals surface area (Å²) in [6, 6.07) is 9.86. The molecule has 0 saturated heterocycles. The molecule has 25 heavy (non-hydrogen) atoms. The normalized spacial score (nSPS) is 11.2. The van der Waals surface area contributed by atoms with Crippen molar-refractivity contribution in [2.24, 2.45) is 0 Å². The van der Waals surface area contributed by atoms with Crippen molar-refractivity contribution in [3.05, 3.63) is 47.0 Å². The van der Waals surface area contributed by atoms with Crippen molar-refractivity contribution in [1.29, 1.82) is 0 Å². The summed E-state index contributed by atoms with van der Waals surface area (Å²) in [4.78, 5) is 0.00530. The van der Waals surface area contributed by atoms with Crippen LogP contribution >= 0.6 is 11.6 Å². The maximum atomic E-state index is 12.5. The Bertz CT molecular complexity index is 817. The van der Waals surface area contributed by atoms with E-state index in [1.165, 1.54) is 19.2 Å². The summed E-state index contributed by atoms with van der Waals surface area (Å²) >= 11 is 5.90.